The summed E-state index contributed by atoms with van der Waals surface area (Å²) in [6.45, 7) is 0. The number of thiocarbonyl (C=S) groups is 1. The molecule has 0 radical (unpaired) electrons. The van der Waals surface area contributed by atoms with E-state index in [1.165, 1.54) is 16.7 Å². The van der Waals surface area contributed by atoms with Gasteiger partial charge in [0.1, 0.15) is 11.5 Å². The Morgan fingerprint density at radius 1 is 1.04 bits per heavy atom. The number of furan rings is 1. The lowest BCUT2D eigenvalue weighted by atomic mass is 10.1. The van der Waals surface area contributed by atoms with Crippen molar-refractivity contribution >= 4 is 46.0 Å². The number of amides is 1. The smallest absolute Gasteiger partial charge is 0.270 e. The number of para-hydroxylation sites is 1. The summed E-state index contributed by atoms with van der Waals surface area (Å²) in [5.41, 5.74) is 2.21. The van der Waals surface area contributed by atoms with Gasteiger partial charge in [-0.3, -0.25) is 9.69 Å². The Labute approximate surface area is 165 Å². The molecule has 4 rings (SSSR count). The molecular formula is C21H12N2O2S2. The van der Waals surface area contributed by atoms with Gasteiger partial charge in [-0.05, 0) is 48.5 Å². The van der Waals surface area contributed by atoms with Crippen LogP contribution >= 0.6 is 24.0 Å². The summed E-state index contributed by atoms with van der Waals surface area (Å²) in [6, 6.07) is 22.2. The molecule has 0 N–H and O–H groups in total. The molecule has 0 atom stereocenters. The fraction of sp³-hybridized carbons (Fsp3) is 0. The second-order valence-electron chi connectivity index (χ2n) is 5.74. The number of nitriles is 1. The molecule has 0 spiro atoms. The molecule has 0 saturated carbocycles. The molecule has 6 heteroatoms. The van der Waals surface area contributed by atoms with Crippen molar-refractivity contribution in [3.05, 3.63) is 83.0 Å². The van der Waals surface area contributed by atoms with Crippen LogP contribution in [-0.2, 0) is 4.79 Å². The molecule has 1 aliphatic heterocycles. The van der Waals surface area contributed by atoms with Crippen molar-refractivity contribution in [3.63, 3.8) is 0 Å². The van der Waals surface area contributed by atoms with E-state index in [1.54, 1.807) is 18.2 Å². The molecule has 0 aliphatic carbocycles. The van der Waals surface area contributed by atoms with Crippen molar-refractivity contribution in [2.45, 2.75) is 0 Å². The van der Waals surface area contributed by atoms with Gasteiger partial charge >= 0.3 is 0 Å². The highest BCUT2D eigenvalue weighted by Gasteiger charge is 2.33. The van der Waals surface area contributed by atoms with E-state index in [4.69, 9.17) is 21.9 Å². The zero-order chi connectivity index (χ0) is 18.8. The summed E-state index contributed by atoms with van der Waals surface area (Å²) < 4.78 is 6.34. The third kappa shape index (κ3) is 3.43. The van der Waals surface area contributed by atoms with Gasteiger partial charge in [0.2, 0.25) is 0 Å². The van der Waals surface area contributed by atoms with Crippen LogP contribution in [0, 0.1) is 11.3 Å². The minimum Gasteiger partial charge on any atom is -0.457 e. The summed E-state index contributed by atoms with van der Waals surface area (Å²) in [7, 11) is 0. The quantitative estimate of drug-likeness (QED) is 0.454. The van der Waals surface area contributed by atoms with Gasteiger partial charge in [0.05, 0.1) is 22.2 Å². The van der Waals surface area contributed by atoms with Crippen LogP contribution < -0.4 is 4.90 Å². The fourth-order valence-corrected chi connectivity index (χ4v) is 3.97. The van der Waals surface area contributed by atoms with Gasteiger partial charge in [0.25, 0.3) is 5.91 Å². The highest BCUT2D eigenvalue weighted by molar-refractivity contribution is 8.27. The number of rotatable bonds is 3. The summed E-state index contributed by atoms with van der Waals surface area (Å²) in [4.78, 5) is 14.8. The van der Waals surface area contributed by atoms with Gasteiger partial charge < -0.3 is 4.42 Å². The Morgan fingerprint density at radius 3 is 2.48 bits per heavy atom. The molecule has 1 aromatic heterocycles. The normalized spacial score (nSPS) is 15.4. The third-order valence-corrected chi connectivity index (χ3v) is 5.31. The van der Waals surface area contributed by atoms with E-state index in [1.807, 2.05) is 54.6 Å². The Kier molecular flexibility index (Phi) is 4.63. The van der Waals surface area contributed by atoms with Crippen molar-refractivity contribution < 1.29 is 9.21 Å². The standard InChI is InChI=1S/C21H12N2O2S2/c22-13-14-6-8-15(9-7-14)18-11-10-17(25-18)12-19-20(24)23(21(26)27-19)16-4-2-1-3-5-16/h1-12H. The zero-order valence-corrected chi connectivity index (χ0v) is 15.6. The monoisotopic (exact) mass is 388 g/mol. The van der Waals surface area contributed by atoms with E-state index < -0.39 is 0 Å². The number of hydrogen-bond donors (Lipinski definition) is 0. The first-order chi connectivity index (χ1) is 13.2. The molecule has 2 aromatic carbocycles. The maximum Gasteiger partial charge on any atom is 0.270 e. The summed E-state index contributed by atoms with van der Waals surface area (Å²) in [6.07, 6.45) is 1.70. The van der Waals surface area contributed by atoms with E-state index in [9.17, 15) is 4.79 Å². The molecule has 0 bridgehead atoms. The van der Waals surface area contributed by atoms with Crippen LogP contribution in [0.15, 0.2) is 76.1 Å². The lowest BCUT2D eigenvalue weighted by Crippen LogP contribution is -2.27. The van der Waals surface area contributed by atoms with E-state index in [0.29, 0.717) is 26.3 Å². The summed E-state index contributed by atoms with van der Waals surface area (Å²) in [5, 5.41) is 8.88. The molecule has 2 heterocycles. The van der Waals surface area contributed by atoms with Crippen LogP contribution in [0.5, 0.6) is 0 Å². The van der Waals surface area contributed by atoms with Crippen LogP contribution in [0.2, 0.25) is 0 Å². The van der Waals surface area contributed by atoms with E-state index in [-0.39, 0.29) is 5.91 Å². The predicted octanol–water partition coefficient (Wildman–Crippen LogP) is 5.22. The van der Waals surface area contributed by atoms with Gasteiger partial charge in [-0.2, -0.15) is 5.26 Å². The lowest BCUT2D eigenvalue weighted by Gasteiger charge is -2.13. The van der Waals surface area contributed by atoms with Crippen LogP contribution in [-0.4, -0.2) is 10.2 Å². The molecule has 1 saturated heterocycles. The van der Waals surface area contributed by atoms with Crippen molar-refractivity contribution in [1.29, 1.82) is 5.26 Å². The highest BCUT2D eigenvalue weighted by atomic mass is 32.2. The fourth-order valence-electron chi connectivity index (χ4n) is 2.69. The minimum absolute atomic E-state index is 0.160. The molecule has 130 valence electrons. The molecule has 1 aliphatic rings. The first kappa shape index (κ1) is 17.3. The van der Waals surface area contributed by atoms with Gasteiger partial charge in [0.15, 0.2) is 4.32 Å². The average Bonchev–Trinajstić information content (AvgIpc) is 3.27. The second-order valence-corrected chi connectivity index (χ2v) is 7.42. The molecule has 3 aromatic rings. The number of hydrogen-bond acceptors (Lipinski definition) is 5. The van der Waals surface area contributed by atoms with Gasteiger partial charge in [-0.15, -0.1) is 0 Å². The Balaban J connectivity index is 1.59. The van der Waals surface area contributed by atoms with Crippen LogP contribution in [0.4, 0.5) is 5.69 Å². The molecular weight excluding hydrogens is 376 g/mol. The van der Waals surface area contributed by atoms with Crippen LogP contribution in [0.25, 0.3) is 17.4 Å². The first-order valence-electron chi connectivity index (χ1n) is 8.09. The van der Waals surface area contributed by atoms with E-state index in [2.05, 4.69) is 6.07 Å². The molecule has 4 nitrogen and oxygen atoms in total. The van der Waals surface area contributed by atoms with E-state index >= 15 is 0 Å². The lowest BCUT2D eigenvalue weighted by molar-refractivity contribution is -0.113. The number of benzene rings is 2. The predicted molar refractivity (Wildman–Crippen MR) is 111 cm³/mol. The topological polar surface area (TPSA) is 57.2 Å². The maximum absolute atomic E-state index is 12.7. The molecule has 1 amide bonds. The molecule has 0 unspecified atom stereocenters. The van der Waals surface area contributed by atoms with Crippen LogP contribution in [0.3, 0.4) is 0 Å². The number of anilines is 1. The average molecular weight is 388 g/mol. The number of carbonyl (C=O) groups excluding carboxylic acids is 1. The van der Waals surface area contributed by atoms with Crippen molar-refractivity contribution in [2.75, 3.05) is 4.90 Å². The Morgan fingerprint density at radius 2 is 1.78 bits per heavy atom. The number of thioether (sulfide) groups is 1. The van der Waals surface area contributed by atoms with Crippen molar-refractivity contribution in [3.8, 4) is 17.4 Å². The first-order valence-corrected chi connectivity index (χ1v) is 9.31. The van der Waals surface area contributed by atoms with Crippen LogP contribution in [0.1, 0.15) is 11.3 Å². The SMILES string of the molecule is N#Cc1ccc(-c2ccc(C=C3SC(=S)N(c4ccccc4)C3=O)o2)cc1. The minimum atomic E-state index is -0.160. The van der Waals surface area contributed by atoms with E-state index in [0.717, 1.165) is 11.3 Å². The largest absolute Gasteiger partial charge is 0.457 e. The second kappa shape index (κ2) is 7.23. The Hall–Kier alpha value is -3.14. The molecule has 27 heavy (non-hydrogen) atoms. The number of carbonyl (C=O) groups is 1. The summed E-state index contributed by atoms with van der Waals surface area (Å²) in [5.74, 6) is 1.08. The molecule has 1 fully saturated rings. The van der Waals surface area contributed by atoms with Crippen molar-refractivity contribution in [2.24, 2.45) is 0 Å². The van der Waals surface area contributed by atoms with Gasteiger partial charge in [0, 0.05) is 11.6 Å². The van der Waals surface area contributed by atoms with Crippen molar-refractivity contribution in [1.82, 2.24) is 0 Å². The Bertz CT molecular complexity index is 1090. The highest BCUT2D eigenvalue weighted by Crippen LogP contribution is 2.36. The maximum atomic E-state index is 12.7. The zero-order valence-electron chi connectivity index (χ0n) is 14.0. The van der Waals surface area contributed by atoms with Gasteiger partial charge in [-0.1, -0.05) is 42.2 Å². The summed E-state index contributed by atoms with van der Waals surface area (Å²) >= 11 is 6.62. The number of nitrogens with zero attached hydrogens (tertiary/aromatic N) is 2. The van der Waals surface area contributed by atoms with Gasteiger partial charge in [-0.25, -0.2) is 0 Å². The third-order valence-electron chi connectivity index (χ3n) is 4.01.